The predicted octanol–water partition coefficient (Wildman–Crippen LogP) is 2.61. The average molecular weight is 370 g/mol. The second-order valence-corrected chi connectivity index (χ2v) is 7.17. The van der Waals surface area contributed by atoms with E-state index in [0.717, 1.165) is 39.0 Å². The van der Waals surface area contributed by atoms with Crippen LogP contribution in [0.1, 0.15) is 23.3 Å². The molecule has 2 aliphatic rings. The van der Waals surface area contributed by atoms with Crippen molar-refractivity contribution in [2.24, 2.45) is 11.8 Å². The number of carbonyl (C=O) groups excluding carboxylic acids is 1. The molecule has 142 valence electrons. The van der Waals surface area contributed by atoms with Crippen LogP contribution in [0, 0.1) is 17.7 Å². The Morgan fingerprint density at radius 3 is 2.56 bits per heavy atom. The molecule has 2 aromatic rings. The minimum Gasteiger partial charge on any atom is -0.481 e. The molecule has 0 unspecified atom stereocenters. The number of hydrogen-bond acceptors (Lipinski definition) is 5. The van der Waals surface area contributed by atoms with E-state index in [1.807, 2.05) is 9.80 Å². The number of fused-ring (bicyclic) bond motifs is 1. The molecule has 2 aromatic heterocycles. The van der Waals surface area contributed by atoms with Crippen molar-refractivity contribution in [3.8, 4) is 5.88 Å². The Morgan fingerprint density at radius 2 is 1.89 bits per heavy atom. The molecule has 4 rings (SSSR count). The number of hydrogen-bond donors (Lipinski definition) is 0. The molecule has 2 fully saturated rings. The molecule has 2 atom stereocenters. The summed E-state index contributed by atoms with van der Waals surface area (Å²) in [4.78, 5) is 25.2. The van der Waals surface area contributed by atoms with Gasteiger partial charge in [0.25, 0.3) is 5.91 Å². The molecule has 0 saturated carbocycles. The summed E-state index contributed by atoms with van der Waals surface area (Å²) < 4.78 is 19.2. The minimum atomic E-state index is -0.273. The number of anilines is 1. The first kappa shape index (κ1) is 17.7. The van der Waals surface area contributed by atoms with Gasteiger partial charge in [-0.15, -0.1) is 0 Å². The lowest BCUT2D eigenvalue weighted by Gasteiger charge is -2.23. The van der Waals surface area contributed by atoms with Crippen LogP contribution >= 0.6 is 0 Å². The van der Waals surface area contributed by atoms with Gasteiger partial charge in [-0.3, -0.25) is 4.79 Å². The largest absolute Gasteiger partial charge is 0.481 e. The van der Waals surface area contributed by atoms with Crippen LogP contribution in [0.5, 0.6) is 5.88 Å². The Labute approximate surface area is 158 Å². The molecule has 0 aliphatic carbocycles. The zero-order valence-corrected chi connectivity index (χ0v) is 15.3. The Morgan fingerprint density at radius 1 is 1.15 bits per heavy atom. The number of rotatable bonds is 3. The van der Waals surface area contributed by atoms with Gasteiger partial charge in [0, 0.05) is 38.4 Å². The van der Waals surface area contributed by atoms with Gasteiger partial charge in [0.1, 0.15) is 5.69 Å². The first-order valence-corrected chi connectivity index (χ1v) is 9.31. The third kappa shape index (κ3) is 3.59. The summed E-state index contributed by atoms with van der Waals surface area (Å²) in [6.07, 6.45) is 3.48. The zero-order valence-electron chi connectivity index (χ0n) is 15.3. The molecular weight excluding hydrogens is 347 g/mol. The number of nitrogens with zero attached hydrogens (tertiary/aromatic N) is 4. The fourth-order valence-corrected chi connectivity index (χ4v) is 4.15. The van der Waals surface area contributed by atoms with Crippen LogP contribution in [0.4, 0.5) is 10.2 Å². The Hall–Kier alpha value is -2.70. The van der Waals surface area contributed by atoms with Gasteiger partial charge >= 0.3 is 0 Å². The van der Waals surface area contributed by atoms with Crippen LogP contribution in [0.2, 0.25) is 0 Å². The molecule has 0 radical (unpaired) electrons. The molecular formula is C20H23FN4O2. The lowest BCUT2D eigenvalue weighted by Crippen LogP contribution is -2.32. The van der Waals surface area contributed by atoms with Crippen molar-refractivity contribution in [3.05, 3.63) is 48.0 Å². The third-order valence-corrected chi connectivity index (χ3v) is 5.59. The van der Waals surface area contributed by atoms with E-state index in [4.69, 9.17) is 4.74 Å². The molecule has 2 saturated heterocycles. The van der Waals surface area contributed by atoms with Crippen LogP contribution in [0.15, 0.2) is 36.5 Å². The van der Waals surface area contributed by atoms with Crippen molar-refractivity contribution in [1.82, 2.24) is 14.9 Å². The zero-order chi connectivity index (χ0) is 18.8. The number of methoxy groups -OCH3 is 1. The fraction of sp³-hybridized carbons (Fsp3) is 0.450. The van der Waals surface area contributed by atoms with Gasteiger partial charge in [-0.05, 0) is 42.9 Å². The summed E-state index contributed by atoms with van der Waals surface area (Å²) in [6, 6.07) is 8.31. The SMILES string of the molecule is COc1cccc(C(=O)N2C[C@H]3CCN(c4ncccc4F)CC[C@H]3C2)n1. The third-order valence-electron chi connectivity index (χ3n) is 5.59. The monoisotopic (exact) mass is 370 g/mol. The molecule has 0 bridgehead atoms. The van der Waals surface area contributed by atoms with Crippen molar-refractivity contribution in [2.75, 3.05) is 38.2 Å². The second-order valence-electron chi connectivity index (χ2n) is 7.17. The summed E-state index contributed by atoms with van der Waals surface area (Å²) in [5.41, 5.74) is 0.419. The van der Waals surface area contributed by atoms with Gasteiger partial charge in [-0.2, -0.15) is 0 Å². The Bertz CT molecular complexity index is 815. The number of amides is 1. The number of ether oxygens (including phenoxy) is 1. The average Bonchev–Trinajstić information content (AvgIpc) is 3.01. The molecule has 0 N–H and O–H groups in total. The lowest BCUT2D eigenvalue weighted by molar-refractivity contribution is 0.0776. The van der Waals surface area contributed by atoms with E-state index in [1.54, 1.807) is 37.6 Å². The van der Waals surface area contributed by atoms with Gasteiger partial charge in [0.15, 0.2) is 11.6 Å². The van der Waals surface area contributed by atoms with Crippen molar-refractivity contribution in [2.45, 2.75) is 12.8 Å². The Balaban J connectivity index is 1.42. The van der Waals surface area contributed by atoms with Crippen molar-refractivity contribution < 1.29 is 13.9 Å². The topological polar surface area (TPSA) is 58.6 Å². The summed E-state index contributed by atoms with van der Waals surface area (Å²) in [5.74, 6) is 1.42. The van der Waals surface area contributed by atoms with E-state index < -0.39 is 0 Å². The van der Waals surface area contributed by atoms with Crippen LogP contribution in [-0.2, 0) is 0 Å². The highest BCUT2D eigenvalue weighted by Gasteiger charge is 2.37. The van der Waals surface area contributed by atoms with Gasteiger partial charge < -0.3 is 14.5 Å². The second kappa shape index (κ2) is 7.50. The molecule has 2 aliphatic heterocycles. The first-order valence-electron chi connectivity index (χ1n) is 9.31. The molecule has 1 amide bonds. The number of likely N-dealkylation sites (tertiary alicyclic amines) is 1. The quantitative estimate of drug-likeness (QED) is 0.831. The van der Waals surface area contributed by atoms with E-state index >= 15 is 0 Å². The van der Waals surface area contributed by atoms with Crippen molar-refractivity contribution in [1.29, 1.82) is 0 Å². The molecule has 6 nitrogen and oxygen atoms in total. The highest BCUT2D eigenvalue weighted by Crippen LogP contribution is 2.34. The van der Waals surface area contributed by atoms with E-state index in [1.165, 1.54) is 6.07 Å². The van der Waals surface area contributed by atoms with Gasteiger partial charge in [-0.25, -0.2) is 14.4 Å². The van der Waals surface area contributed by atoms with Crippen molar-refractivity contribution in [3.63, 3.8) is 0 Å². The summed E-state index contributed by atoms with van der Waals surface area (Å²) in [5, 5.41) is 0. The van der Waals surface area contributed by atoms with Gasteiger partial charge in [-0.1, -0.05) is 6.07 Å². The highest BCUT2D eigenvalue weighted by molar-refractivity contribution is 5.92. The molecule has 7 heteroatoms. The summed E-state index contributed by atoms with van der Waals surface area (Å²) in [7, 11) is 1.54. The maximum absolute atomic E-state index is 14.0. The van der Waals surface area contributed by atoms with Gasteiger partial charge in [0.2, 0.25) is 5.88 Å². The summed E-state index contributed by atoms with van der Waals surface area (Å²) in [6.45, 7) is 2.96. The standard InChI is InChI=1S/C20H23FN4O2/c1-27-18-6-2-5-17(23-18)20(26)25-12-14-7-10-24(11-8-15(14)13-25)19-16(21)4-3-9-22-19/h2-6,9,14-15H,7-8,10-13H2,1H3/t14-,15+. The normalized spacial score (nSPS) is 22.3. The Kier molecular flexibility index (Phi) is 4.92. The smallest absolute Gasteiger partial charge is 0.272 e. The number of aromatic nitrogens is 2. The number of halogens is 1. The number of carbonyl (C=O) groups is 1. The molecule has 0 spiro atoms. The van der Waals surface area contributed by atoms with E-state index in [0.29, 0.717) is 29.2 Å². The molecule has 27 heavy (non-hydrogen) atoms. The van der Waals surface area contributed by atoms with Gasteiger partial charge in [0.05, 0.1) is 7.11 Å². The van der Waals surface area contributed by atoms with E-state index in [-0.39, 0.29) is 11.7 Å². The van der Waals surface area contributed by atoms with E-state index in [2.05, 4.69) is 9.97 Å². The highest BCUT2D eigenvalue weighted by atomic mass is 19.1. The van der Waals surface area contributed by atoms with Crippen LogP contribution < -0.4 is 9.64 Å². The maximum atomic E-state index is 14.0. The van der Waals surface area contributed by atoms with E-state index in [9.17, 15) is 9.18 Å². The maximum Gasteiger partial charge on any atom is 0.272 e. The van der Waals surface area contributed by atoms with Crippen molar-refractivity contribution >= 4 is 11.7 Å². The predicted molar refractivity (Wildman–Crippen MR) is 99.3 cm³/mol. The van der Waals surface area contributed by atoms with Crippen LogP contribution in [0.25, 0.3) is 0 Å². The molecule has 4 heterocycles. The minimum absolute atomic E-state index is 0.0467. The number of pyridine rings is 2. The summed E-state index contributed by atoms with van der Waals surface area (Å²) >= 11 is 0. The lowest BCUT2D eigenvalue weighted by atomic mass is 9.92. The van der Waals surface area contributed by atoms with Crippen LogP contribution in [-0.4, -0.2) is 54.1 Å². The van der Waals surface area contributed by atoms with Crippen LogP contribution in [0.3, 0.4) is 0 Å². The molecule has 0 aromatic carbocycles. The fourth-order valence-electron chi connectivity index (χ4n) is 4.15. The first-order chi connectivity index (χ1) is 13.2.